The molecule has 0 aromatic heterocycles. The Bertz CT molecular complexity index is 33.8. The monoisotopic (exact) mass is 181 g/mol. The standard InChI is InChI=1S/CH2O3.Mn.Zn/c2-1(3)4;;/h(H2,2,3,4);;. The third-order valence-electron chi connectivity index (χ3n) is 0. The predicted molar refractivity (Wildman–Crippen MR) is 10.7 cm³/mol. The Balaban J connectivity index is -0.0000000450. The largest absolute Gasteiger partial charge is 0.503 e. The quantitative estimate of drug-likeness (QED) is 0.527. The topological polar surface area (TPSA) is 57.5 Å². The smallest absolute Gasteiger partial charge is 0.450 e. The van der Waals surface area contributed by atoms with Crippen LogP contribution >= 0.6 is 0 Å². The van der Waals surface area contributed by atoms with Crippen LogP contribution in [-0.2, 0) is 36.5 Å². The first-order chi connectivity index (χ1) is 1.73. The average Bonchev–Trinajstić information content (AvgIpc) is 0.811. The van der Waals surface area contributed by atoms with Gasteiger partial charge in [0.1, 0.15) is 0 Å². The molecule has 1 radical (unpaired) electrons. The Morgan fingerprint density at radius 2 is 1.33 bits per heavy atom. The van der Waals surface area contributed by atoms with Crippen molar-refractivity contribution in [2.45, 2.75) is 0 Å². The molecule has 0 amide bonds. The molecule has 2 N–H and O–H groups in total. The van der Waals surface area contributed by atoms with Gasteiger partial charge in [0.25, 0.3) is 0 Å². The second-order valence-electron chi connectivity index (χ2n) is 0.283. The fourth-order valence-corrected chi connectivity index (χ4v) is 0. The average molecular weight is 182 g/mol. The summed E-state index contributed by atoms with van der Waals surface area (Å²) in [6.07, 6.45) is -1.83. The van der Waals surface area contributed by atoms with Crippen molar-refractivity contribution in [3.8, 4) is 0 Å². The van der Waals surface area contributed by atoms with E-state index < -0.39 is 6.16 Å². The number of hydrogen-bond acceptors (Lipinski definition) is 1. The summed E-state index contributed by atoms with van der Waals surface area (Å²) in [6.45, 7) is 0. The molecule has 0 spiro atoms. The molecule has 0 fully saturated rings. The third-order valence-corrected chi connectivity index (χ3v) is 0. The normalized spacial score (nSPS) is 4.00. The van der Waals surface area contributed by atoms with Crippen molar-refractivity contribution >= 4 is 6.16 Å². The van der Waals surface area contributed by atoms with Crippen molar-refractivity contribution in [1.29, 1.82) is 0 Å². The van der Waals surface area contributed by atoms with Gasteiger partial charge in [-0.1, -0.05) is 0 Å². The third kappa shape index (κ3) is 302. The zero-order valence-corrected chi connectivity index (χ0v) is 7.04. The predicted octanol–water partition coefficient (Wildman–Crippen LogP) is 0.217. The Kier molecular flexibility index (Phi) is 24.3. The molecule has 33 valence electrons. The van der Waals surface area contributed by atoms with Crippen LogP contribution in [0.3, 0.4) is 0 Å². The first kappa shape index (κ1) is 16.1. The van der Waals surface area contributed by atoms with Crippen LogP contribution < -0.4 is 0 Å². The molecule has 0 bridgehead atoms. The van der Waals surface area contributed by atoms with E-state index in [4.69, 9.17) is 15.0 Å². The summed E-state index contributed by atoms with van der Waals surface area (Å²) in [5.41, 5.74) is 0. The van der Waals surface area contributed by atoms with Gasteiger partial charge in [-0.25, -0.2) is 4.79 Å². The maximum absolute atomic E-state index is 8.56. The van der Waals surface area contributed by atoms with Gasteiger partial charge in [-0.2, -0.15) is 0 Å². The van der Waals surface area contributed by atoms with Gasteiger partial charge >= 0.3 is 6.16 Å². The first-order valence-electron chi connectivity index (χ1n) is 0.651. The Hall–Kier alpha value is 0.413. The number of hydrogen-bond donors (Lipinski definition) is 2. The molecule has 0 aliphatic heterocycles. The maximum atomic E-state index is 8.56. The summed E-state index contributed by atoms with van der Waals surface area (Å²) in [5, 5.41) is 13.9. The minimum Gasteiger partial charge on any atom is -0.450 e. The van der Waals surface area contributed by atoms with Crippen LogP contribution in [0.5, 0.6) is 0 Å². The van der Waals surface area contributed by atoms with Crippen molar-refractivity contribution in [2.75, 3.05) is 0 Å². The molecular formula is CH2MnO3Zn. The molecule has 0 unspecified atom stereocenters. The molecule has 0 aliphatic rings. The van der Waals surface area contributed by atoms with Crippen LogP contribution in [0.15, 0.2) is 0 Å². The molecule has 6 heavy (non-hydrogen) atoms. The zero-order valence-electron chi connectivity index (χ0n) is 2.89. The maximum Gasteiger partial charge on any atom is 0.503 e. The van der Waals surface area contributed by atoms with E-state index in [1.165, 1.54) is 0 Å². The van der Waals surface area contributed by atoms with Crippen molar-refractivity contribution < 1.29 is 51.6 Å². The van der Waals surface area contributed by atoms with E-state index in [-0.39, 0.29) is 36.5 Å². The second-order valence-corrected chi connectivity index (χ2v) is 0.283. The van der Waals surface area contributed by atoms with Crippen LogP contribution in [0.4, 0.5) is 4.79 Å². The molecule has 5 heteroatoms. The summed E-state index contributed by atoms with van der Waals surface area (Å²) < 4.78 is 0. The molecule has 0 aliphatic carbocycles. The molecular weight excluding hydrogens is 180 g/mol. The summed E-state index contributed by atoms with van der Waals surface area (Å²) in [7, 11) is 0. The Labute approximate surface area is 58.0 Å². The number of carbonyl (C=O) groups is 1. The number of rotatable bonds is 0. The summed E-state index contributed by atoms with van der Waals surface area (Å²) in [6, 6.07) is 0. The van der Waals surface area contributed by atoms with E-state index in [1.807, 2.05) is 0 Å². The van der Waals surface area contributed by atoms with Gasteiger partial charge in [-0.3, -0.25) is 0 Å². The van der Waals surface area contributed by atoms with Crippen LogP contribution in [-0.4, -0.2) is 16.4 Å². The molecule has 0 aromatic rings. The van der Waals surface area contributed by atoms with E-state index in [1.54, 1.807) is 0 Å². The van der Waals surface area contributed by atoms with Crippen molar-refractivity contribution in [3.05, 3.63) is 0 Å². The molecule has 3 nitrogen and oxygen atoms in total. The van der Waals surface area contributed by atoms with Gasteiger partial charge in [0.05, 0.1) is 0 Å². The van der Waals surface area contributed by atoms with E-state index in [2.05, 4.69) is 0 Å². The molecule has 0 rings (SSSR count). The van der Waals surface area contributed by atoms with Crippen molar-refractivity contribution in [2.24, 2.45) is 0 Å². The summed E-state index contributed by atoms with van der Waals surface area (Å²) in [5.74, 6) is 0. The van der Waals surface area contributed by atoms with E-state index >= 15 is 0 Å². The summed E-state index contributed by atoms with van der Waals surface area (Å²) >= 11 is 0. The van der Waals surface area contributed by atoms with Gasteiger partial charge < -0.3 is 10.2 Å². The molecule has 0 saturated heterocycles. The van der Waals surface area contributed by atoms with Crippen molar-refractivity contribution in [1.82, 2.24) is 0 Å². The van der Waals surface area contributed by atoms with E-state index in [0.717, 1.165) is 0 Å². The second kappa shape index (κ2) is 9.05. The van der Waals surface area contributed by atoms with E-state index in [9.17, 15) is 0 Å². The van der Waals surface area contributed by atoms with Gasteiger partial charge in [0, 0.05) is 36.5 Å². The number of carboxylic acid groups (broad SMARTS) is 2. The zero-order chi connectivity index (χ0) is 3.58. The van der Waals surface area contributed by atoms with Crippen LogP contribution in [0.1, 0.15) is 0 Å². The first-order valence-corrected chi connectivity index (χ1v) is 0.651. The van der Waals surface area contributed by atoms with Crippen LogP contribution in [0.2, 0.25) is 0 Å². The van der Waals surface area contributed by atoms with Gasteiger partial charge in [-0.15, -0.1) is 0 Å². The summed E-state index contributed by atoms with van der Waals surface area (Å²) in [4.78, 5) is 8.56. The minimum atomic E-state index is -1.83. The molecule has 0 heterocycles. The fourth-order valence-electron chi connectivity index (χ4n) is 0. The SMILES string of the molecule is O=C(O)O.[Mn].[Zn]. The minimum absolute atomic E-state index is 0. The Morgan fingerprint density at radius 1 is 1.33 bits per heavy atom. The van der Waals surface area contributed by atoms with E-state index in [0.29, 0.717) is 0 Å². The van der Waals surface area contributed by atoms with Crippen molar-refractivity contribution in [3.63, 3.8) is 0 Å². The van der Waals surface area contributed by atoms with Crippen LogP contribution in [0, 0.1) is 0 Å². The van der Waals surface area contributed by atoms with Gasteiger partial charge in [-0.05, 0) is 0 Å². The molecule has 0 atom stereocenters. The Morgan fingerprint density at radius 3 is 1.33 bits per heavy atom. The molecule has 0 saturated carbocycles. The molecule has 0 aromatic carbocycles. The van der Waals surface area contributed by atoms with Crippen LogP contribution in [0.25, 0.3) is 0 Å². The van der Waals surface area contributed by atoms with Gasteiger partial charge in [0.2, 0.25) is 0 Å². The fraction of sp³-hybridized carbons (Fsp3) is 0. The van der Waals surface area contributed by atoms with Gasteiger partial charge in [0.15, 0.2) is 0 Å².